The van der Waals surface area contributed by atoms with E-state index in [9.17, 15) is 4.79 Å². The van der Waals surface area contributed by atoms with Gasteiger partial charge in [-0.05, 0) is 54.4 Å². The van der Waals surface area contributed by atoms with Crippen molar-refractivity contribution in [3.8, 4) is 5.75 Å². The van der Waals surface area contributed by atoms with Gasteiger partial charge in [0.15, 0.2) is 0 Å². The number of carbonyl (C=O) groups is 1. The summed E-state index contributed by atoms with van der Waals surface area (Å²) in [6, 6.07) is 20.5. The van der Waals surface area contributed by atoms with Crippen molar-refractivity contribution in [2.45, 2.75) is 19.6 Å². The molecule has 0 saturated heterocycles. The molecule has 1 N–H and O–H groups in total. The zero-order valence-corrected chi connectivity index (χ0v) is 18.4. The third kappa shape index (κ3) is 5.29. The number of ether oxygens (including phenoxy) is 1. The van der Waals surface area contributed by atoms with E-state index in [-0.39, 0.29) is 18.6 Å². The Kier molecular flexibility index (Phi) is 6.60. The van der Waals surface area contributed by atoms with Crippen LogP contribution in [-0.4, -0.2) is 15.9 Å². The van der Waals surface area contributed by atoms with Crippen LogP contribution in [0.2, 0.25) is 5.02 Å². The monoisotopic (exact) mass is 449 g/mol. The summed E-state index contributed by atoms with van der Waals surface area (Å²) in [6.45, 7) is 2.12. The van der Waals surface area contributed by atoms with Gasteiger partial charge in [-0.1, -0.05) is 41.9 Å². The van der Waals surface area contributed by atoms with Gasteiger partial charge in [0, 0.05) is 17.4 Å². The normalized spacial score (nSPS) is 11.7. The topological polar surface area (TPSA) is 64.1 Å². The van der Waals surface area contributed by atoms with Gasteiger partial charge in [-0.25, -0.2) is 4.98 Å². The Labute approximate surface area is 189 Å². The van der Waals surface area contributed by atoms with Crippen molar-refractivity contribution in [3.05, 3.63) is 111 Å². The number of aromatic nitrogens is 2. The molecule has 2 aromatic heterocycles. The van der Waals surface area contributed by atoms with E-state index >= 15 is 0 Å². The molecule has 31 heavy (non-hydrogen) atoms. The Balaban J connectivity index is 1.51. The number of amides is 1. The first-order valence-electron chi connectivity index (χ1n) is 9.70. The van der Waals surface area contributed by atoms with Gasteiger partial charge in [0.1, 0.15) is 22.2 Å². The van der Waals surface area contributed by atoms with Gasteiger partial charge < -0.3 is 10.1 Å². The molecule has 1 unspecified atom stereocenters. The van der Waals surface area contributed by atoms with E-state index in [0.29, 0.717) is 21.3 Å². The number of nitrogens with zero attached hydrogens (tertiary/aromatic N) is 2. The van der Waals surface area contributed by atoms with Gasteiger partial charge in [0.05, 0.1) is 11.7 Å². The zero-order valence-electron chi connectivity index (χ0n) is 16.8. The van der Waals surface area contributed by atoms with Crippen LogP contribution in [0.1, 0.15) is 37.5 Å². The van der Waals surface area contributed by atoms with Crippen LogP contribution >= 0.6 is 22.9 Å². The molecule has 4 rings (SSSR count). The molecule has 2 heterocycles. The van der Waals surface area contributed by atoms with Gasteiger partial charge >= 0.3 is 0 Å². The Hall–Kier alpha value is -3.22. The second-order valence-corrected chi connectivity index (χ2v) is 8.38. The van der Waals surface area contributed by atoms with E-state index in [1.54, 1.807) is 36.7 Å². The molecule has 0 aliphatic rings. The summed E-state index contributed by atoms with van der Waals surface area (Å²) in [7, 11) is 0. The minimum atomic E-state index is -0.285. The average molecular weight is 450 g/mol. The maximum Gasteiger partial charge on any atom is 0.264 e. The second kappa shape index (κ2) is 9.73. The summed E-state index contributed by atoms with van der Waals surface area (Å²) in [5.74, 6) is 0.531. The van der Waals surface area contributed by atoms with E-state index in [0.717, 1.165) is 16.1 Å². The molecule has 1 amide bonds. The van der Waals surface area contributed by atoms with Crippen LogP contribution < -0.4 is 10.1 Å². The van der Waals surface area contributed by atoms with Crippen LogP contribution in [-0.2, 0) is 6.61 Å². The lowest BCUT2D eigenvalue weighted by molar-refractivity contribution is 0.0946. The highest BCUT2D eigenvalue weighted by Gasteiger charge is 2.21. The molecule has 7 heteroatoms. The van der Waals surface area contributed by atoms with Gasteiger partial charge in [-0.2, -0.15) is 0 Å². The van der Waals surface area contributed by atoms with Crippen molar-refractivity contribution >= 4 is 28.8 Å². The molecular formula is C24H20ClN3O2S. The van der Waals surface area contributed by atoms with Crippen molar-refractivity contribution in [2.24, 2.45) is 0 Å². The van der Waals surface area contributed by atoms with E-state index in [1.807, 2.05) is 49.4 Å². The summed E-state index contributed by atoms with van der Waals surface area (Å²) in [6.07, 6.45) is 3.45. The lowest BCUT2D eigenvalue weighted by Gasteiger charge is -2.19. The molecule has 0 aliphatic carbocycles. The van der Waals surface area contributed by atoms with Crippen molar-refractivity contribution < 1.29 is 9.53 Å². The van der Waals surface area contributed by atoms with E-state index in [1.165, 1.54) is 11.3 Å². The van der Waals surface area contributed by atoms with Crippen molar-refractivity contribution in [2.75, 3.05) is 0 Å². The molecule has 0 saturated carbocycles. The van der Waals surface area contributed by atoms with Crippen molar-refractivity contribution in [1.29, 1.82) is 0 Å². The molecule has 0 spiro atoms. The van der Waals surface area contributed by atoms with Crippen LogP contribution in [0.15, 0.2) is 79.1 Å². The first kappa shape index (κ1) is 21.0. The summed E-state index contributed by atoms with van der Waals surface area (Å²) in [5.41, 5.74) is 2.64. The SMILES string of the molecule is Cc1nc(COc2ccc(Cl)cc2)sc1C(=O)NC(c1ccccc1)c1ccncc1. The fourth-order valence-electron chi connectivity index (χ4n) is 3.16. The standard InChI is InChI=1S/C24H20ClN3O2S/c1-16-23(31-21(27-16)15-30-20-9-7-19(25)8-10-20)24(29)28-22(17-5-3-2-4-6-17)18-11-13-26-14-12-18/h2-14,22H,15H2,1H3,(H,28,29). The number of rotatable bonds is 7. The highest BCUT2D eigenvalue weighted by Crippen LogP contribution is 2.25. The summed E-state index contributed by atoms with van der Waals surface area (Å²) in [4.78, 5) is 22.3. The minimum Gasteiger partial charge on any atom is -0.486 e. The first-order chi connectivity index (χ1) is 15.1. The number of carbonyl (C=O) groups excluding carboxylic acids is 1. The molecule has 2 aromatic carbocycles. The molecule has 0 radical (unpaired) electrons. The molecule has 0 fully saturated rings. The van der Waals surface area contributed by atoms with Crippen LogP contribution in [0.5, 0.6) is 5.75 Å². The highest BCUT2D eigenvalue weighted by molar-refractivity contribution is 7.13. The number of hydrogen-bond acceptors (Lipinski definition) is 5. The van der Waals surface area contributed by atoms with E-state index in [4.69, 9.17) is 16.3 Å². The third-order valence-corrected chi connectivity index (χ3v) is 6.05. The van der Waals surface area contributed by atoms with Crippen molar-refractivity contribution in [1.82, 2.24) is 15.3 Å². The number of thiazole rings is 1. The second-order valence-electron chi connectivity index (χ2n) is 6.86. The number of nitrogens with one attached hydrogen (secondary N) is 1. The van der Waals surface area contributed by atoms with Crippen LogP contribution in [0, 0.1) is 6.92 Å². The summed E-state index contributed by atoms with van der Waals surface area (Å²) < 4.78 is 5.77. The number of benzene rings is 2. The first-order valence-corrected chi connectivity index (χ1v) is 10.9. The Morgan fingerprint density at radius 3 is 2.42 bits per heavy atom. The Morgan fingerprint density at radius 1 is 1.03 bits per heavy atom. The summed E-state index contributed by atoms with van der Waals surface area (Å²) >= 11 is 7.24. The molecule has 0 aliphatic heterocycles. The molecular weight excluding hydrogens is 430 g/mol. The van der Waals surface area contributed by atoms with Crippen LogP contribution in [0.3, 0.4) is 0 Å². The largest absolute Gasteiger partial charge is 0.486 e. The summed E-state index contributed by atoms with van der Waals surface area (Å²) in [5, 5.41) is 4.53. The van der Waals surface area contributed by atoms with Gasteiger partial charge in [0.25, 0.3) is 5.91 Å². The van der Waals surface area contributed by atoms with E-state index < -0.39 is 0 Å². The number of aryl methyl sites for hydroxylation is 1. The number of halogens is 1. The Bertz CT molecular complexity index is 1110. The molecule has 5 nitrogen and oxygen atoms in total. The molecule has 1 atom stereocenters. The Morgan fingerprint density at radius 2 is 1.71 bits per heavy atom. The predicted molar refractivity (Wildman–Crippen MR) is 123 cm³/mol. The molecule has 156 valence electrons. The van der Waals surface area contributed by atoms with E-state index in [2.05, 4.69) is 15.3 Å². The quantitative estimate of drug-likeness (QED) is 0.399. The average Bonchev–Trinajstić information content (AvgIpc) is 3.19. The maximum atomic E-state index is 13.1. The van der Waals surface area contributed by atoms with Crippen LogP contribution in [0.4, 0.5) is 0 Å². The van der Waals surface area contributed by atoms with Gasteiger partial charge in [-0.15, -0.1) is 11.3 Å². The maximum absolute atomic E-state index is 13.1. The lowest BCUT2D eigenvalue weighted by atomic mass is 9.99. The number of hydrogen-bond donors (Lipinski definition) is 1. The zero-order chi connectivity index (χ0) is 21.6. The third-order valence-electron chi connectivity index (χ3n) is 4.67. The smallest absolute Gasteiger partial charge is 0.264 e. The van der Waals surface area contributed by atoms with Gasteiger partial charge in [0.2, 0.25) is 0 Å². The van der Waals surface area contributed by atoms with Crippen molar-refractivity contribution in [3.63, 3.8) is 0 Å². The molecule has 4 aromatic rings. The van der Waals surface area contributed by atoms with Crippen LogP contribution in [0.25, 0.3) is 0 Å². The highest BCUT2D eigenvalue weighted by atomic mass is 35.5. The fourth-order valence-corrected chi connectivity index (χ4v) is 4.16. The lowest BCUT2D eigenvalue weighted by Crippen LogP contribution is -2.29. The fraction of sp³-hybridized carbons (Fsp3) is 0.125. The molecule has 0 bridgehead atoms. The number of pyridine rings is 1. The minimum absolute atomic E-state index is 0.168. The predicted octanol–water partition coefficient (Wildman–Crippen LogP) is 5.60. The van der Waals surface area contributed by atoms with Gasteiger partial charge in [-0.3, -0.25) is 9.78 Å².